The molecule has 0 radical (unpaired) electrons. The number of likely N-dealkylation sites (tertiary alicyclic amines) is 1. The van der Waals surface area contributed by atoms with E-state index in [1.807, 2.05) is 13.0 Å². The third-order valence-electron chi connectivity index (χ3n) is 6.07. The second kappa shape index (κ2) is 13.4. The first-order chi connectivity index (χ1) is 14.5. The fraction of sp³-hybridized carbons (Fsp3) is 0.696. The second-order valence-corrected chi connectivity index (χ2v) is 8.55. The normalized spacial score (nSPS) is 21.0. The third kappa shape index (κ3) is 8.38. The van der Waals surface area contributed by atoms with Gasteiger partial charge in [-0.05, 0) is 76.3 Å². The zero-order chi connectivity index (χ0) is 21.3. The van der Waals surface area contributed by atoms with Crippen molar-refractivity contribution >= 4 is 35.6 Å². The molecule has 8 heteroatoms. The minimum absolute atomic E-state index is 0. The van der Waals surface area contributed by atoms with E-state index in [1.165, 1.54) is 0 Å². The number of anilines is 1. The number of hydrogen-bond donors (Lipinski definition) is 3. The molecule has 176 valence electrons. The maximum absolute atomic E-state index is 13.5. The molecule has 2 aliphatic rings. The van der Waals surface area contributed by atoms with Crippen LogP contribution in [0.3, 0.4) is 0 Å². The number of aliphatic hydroxyl groups excluding tert-OH is 1. The molecule has 1 unspecified atom stereocenters. The van der Waals surface area contributed by atoms with Crippen molar-refractivity contribution in [2.45, 2.75) is 58.1 Å². The molecule has 2 heterocycles. The standard InChI is InChI=1S/C23H38FN5O.HI/c1-3-25-23(26-11-5-12-28-14-9-21(30)10-15-28)27-20-6-4-13-29(17-20)22-8-7-19(24)16-18(22)2;/h7-8,16,20-21,30H,3-6,9-15,17H2,1-2H3,(H2,25,26,27);1H. The van der Waals surface area contributed by atoms with Gasteiger partial charge in [-0.25, -0.2) is 4.39 Å². The van der Waals surface area contributed by atoms with Crippen LogP contribution in [0.2, 0.25) is 0 Å². The van der Waals surface area contributed by atoms with E-state index in [2.05, 4.69) is 27.4 Å². The lowest BCUT2D eigenvalue weighted by Gasteiger charge is -2.36. The van der Waals surface area contributed by atoms with E-state index in [0.717, 1.165) is 95.1 Å². The highest BCUT2D eigenvalue weighted by molar-refractivity contribution is 14.0. The van der Waals surface area contributed by atoms with Crippen LogP contribution in [-0.2, 0) is 0 Å². The third-order valence-corrected chi connectivity index (χ3v) is 6.07. The van der Waals surface area contributed by atoms with E-state index in [1.54, 1.807) is 12.1 Å². The van der Waals surface area contributed by atoms with Gasteiger partial charge in [0.2, 0.25) is 0 Å². The molecule has 2 fully saturated rings. The van der Waals surface area contributed by atoms with Gasteiger partial charge < -0.3 is 25.5 Å². The lowest BCUT2D eigenvalue weighted by Crippen LogP contribution is -2.51. The van der Waals surface area contributed by atoms with Crippen LogP contribution >= 0.6 is 24.0 Å². The lowest BCUT2D eigenvalue weighted by atomic mass is 10.0. The fourth-order valence-electron chi connectivity index (χ4n) is 4.43. The zero-order valence-corrected chi connectivity index (χ0v) is 21.3. The highest BCUT2D eigenvalue weighted by Gasteiger charge is 2.22. The van der Waals surface area contributed by atoms with Crippen LogP contribution in [0.25, 0.3) is 0 Å². The Morgan fingerprint density at radius 2 is 2.00 bits per heavy atom. The number of hydrogen-bond acceptors (Lipinski definition) is 4. The average Bonchev–Trinajstić information content (AvgIpc) is 2.73. The summed E-state index contributed by atoms with van der Waals surface area (Å²) in [5.74, 6) is 0.708. The van der Waals surface area contributed by atoms with E-state index in [9.17, 15) is 9.50 Å². The van der Waals surface area contributed by atoms with E-state index in [0.29, 0.717) is 6.04 Å². The van der Waals surface area contributed by atoms with Gasteiger partial charge in [-0.1, -0.05) is 0 Å². The first-order valence-electron chi connectivity index (χ1n) is 11.5. The smallest absolute Gasteiger partial charge is 0.191 e. The number of aliphatic hydroxyl groups is 1. The molecule has 31 heavy (non-hydrogen) atoms. The Hall–Kier alpha value is -1.13. The molecule has 1 aromatic carbocycles. The molecule has 3 rings (SSSR count). The van der Waals surface area contributed by atoms with Crippen LogP contribution < -0.4 is 15.5 Å². The van der Waals surface area contributed by atoms with E-state index >= 15 is 0 Å². The van der Waals surface area contributed by atoms with Crippen LogP contribution in [0.15, 0.2) is 23.2 Å². The van der Waals surface area contributed by atoms with Crippen molar-refractivity contribution < 1.29 is 9.50 Å². The lowest BCUT2D eigenvalue weighted by molar-refractivity contribution is 0.0824. The highest BCUT2D eigenvalue weighted by atomic mass is 127. The predicted molar refractivity (Wildman–Crippen MR) is 137 cm³/mol. The number of benzene rings is 1. The Morgan fingerprint density at radius 3 is 2.71 bits per heavy atom. The molecule has 2 saturated heterocycles. The van der Waals surface area contributed by atoms with Crippen molar-refractivity contribution in [1.82, 2.24) is 15.5 Å². The summed E-state index contributed by atoms with van der Waals surface area (Å²) in [4.78, 5) is 9.56. The van der Waals surface area contributed by atoms with Crippen LogP contribution in [0, 0.1) is 12.7 Å². The number of aryl methyl sites for hydroxylation is 1. The molecule has 0 spiro atoms. The molecular weight excluding hydrogens is 508 g/mol. The van der Waals surface area contributed by atoms with E-state index < -0.39 is 0 Å². The maximum atomic E-state index is 13.5. The topological polar surface area (TPSA) is 63.1 Å². The Labute approximate surface area is 203 Å². The Balaban J connectivity index is 0.00000341. The number of nitrogens with one attached hydrogen (secondary N) is 2. The number of nitrogens with zero attached hydrogens (tertiary/aromatic N) is 3. The van der Waals surface area contributed by atoms with Gasteiger partial charge in [0, 0.05) is 51.0 Å². The van der Waals surface area contributed by atoms with Crippen molar-refractivity contribution in [3.8, 4) is 0 Å². The maximum Gasteiger partial charge on any atom is 0.191 e. The van der Waals surface area contributed by atoms with Gasteiger partial charge in [-0.3, -0.25) is 4.99 Å². The van der Waals surface area contributed by atoms with Crippen LogP contribution in [0.5, 0.6) is 0 Å². The molecule has 6 nitrogen and oxygen atoms in total. The summed E-state index contributed by atoms with van der Waals surface area (Å²) in [6.07, 6.45) is 4.90. The SMILES string of the molecule is CCNC(=NCCCN1CCC(O)CC1)NC1CCCN(c2ccc(F)cc2C)C1.I. The quantitative estimate of drug-likeness (QED) is 0.212. The summed E-state index contributed by atoms with van der Waals surface area (Å²) in [7, 11) is 0. The first kappa shape index (κ1) is 26.1. The largest absolute Gasteiger partial charge is 0.393 e. The molecule has 0 bridgehead atoms. The van der Waals surface area contributed by atoms with Crippen molar-refractivity contribution in [2.75, 3.05) is 50.7 Å². The summed E-state index contributed by atoms with van der Waals surface area (Å²) in [5, 5.41) is 16.6. The molecule has 0 amide bonds. The Morgan fingerprint density at radius 1 is 1.23 bits per heavy atom. The monoisotopic (exact) mass is 547 g/mol. The molecule has 1 aromatic rings. The van der Waals surface area contributed by atoms with Crippen molar-refractivity contribution in [1.29, 1.82) is 0 Å². The van der Waals surface area contributed by atoms with Gasteiger partial charge in [0.25, 0.3) is 0 Å². The number of piperidine rings is 2. The van der Waals surface area contributed by atoms with Crippen LogP contribution in [0.4, 0.5) is 10.1 Å². The van der Waals surface area contributed by atoms with Gasteiger partial charge >= 0.3 is 0 Å². The number of rotatable bonds is 7. The number of guanidine groups is 1. The predicted octanol–water partition coefficient (Wildman–Crippen LogP) is 3.12. The van der Waals surface area contributed by atoms with Gasteiger partial charge in [-0.2, -0.15) is 0 Å². The van der Waals surface area contributed by atoms with Crippen LogP contribution in [-0.4, -0.2) is 73.9 Å². The summed E-state index contributed by atoms with van der Waals surface area (Å²) >= 11 is 0. The molecular formula is C23H39FIN5O. The Bertz CT molecular complexity index is 697. The minimum atomic E-state index is -0.176. The molecule has 1 atom stereocenters. The highest BCUT2D eigenvalue weighted by Crippen LogP contribution is 2.24. The first-order valence-corrected chi connectivity index (χ1v) is 11.5. The van der Waals surface area contributed by atoms with Crippen molar-refractivity contribution in [2.24, 2.45) is 4.99 Å². The minimum Gasteiger partial charge on any atom is -0.393 e. The average molecular weight is 548 g/mol. The summed E-state index contributed by atoms with van der Waals surface area (Å²) in [5.41, 5.74) is 2.11. The van der Waals surface area contributed by atoms with E-state index in [-0.39, 0.29) is 35.9 Å². The fourth-order valence-corrected chi connectivity index (χ4v) is 4.43. The van der Waals surface area contributed by atoms with Crippen molar-refractivity contribution in [3.05, 3.63) is 29.6 Å². The summed E-state index contributed by atoms with van der Waals surface area (Å²) < 4.78 is 13.5. The van der Waals surface area contributed by atoms with Gasteiger partial charge in [0.15, 0.2) is 5.96 Å². The second-order valence-electron chi connectivity index (χ2n) is 8.55. The van der Waals surface area contributed by atoms with Crippen LogP contribution in [0.1, 0.15) is 44.6 Å². The molecule has 0 saturated carbocycles. The van der Waals surface area contributed by atoms with Gasteiger partial charge in [-0.15, -0.1) is 24.0 Å². The molecule has 3 N–H and O–H groups in total. The van der Waals surface area contributed by atoms with Gasteiger partial charge in [0.05, 0.1) is 6.10 Å². The number of aliphatic imine (C=N–C) groups is 1. The molecule has 0 aliphatic carbocycles. The number of halogens is 2. The molecule has 0 aromatic heterocycles. The van der Waals surface area contributed by atoms with Gasteiger partial charge in [0.1, 0.15) is 5.82 Å². The van der Waals surface area contributed by atoms with Crippen molar-refractivity contribution in [3.63, 3.8) is 0 Å². The molecule has 2 aliphatic heterocycles. The summed E-state index contributed by atoms with van der Waals surface area (Å²) in [6.45, 7) is 10.6. The summed E-state index contributed by atoms with van der Waals surface area (Å²) in [6, 6.07) is 5.38. The Kier molecular flexibility index (Phi) is 11.3. The zero-order valence-electron chi connectivity index (χ0n) is 18.9. The van der Waals surface area contributed by atoms with E-state index in [4.69, 9.17) is 4.99 Å².